The van der Waals surface area contributed by atoms with E-state index in [9.17, 15) is 14.4 Å². The second kappa shape index (κ2) is 23.7. The molecule has 0 aromatic rings. The van der Waals surface area contributed by atoms with Crippen LogP contribution in [0, 0.1) is 0 Å². The highest BCUT2D eigenvalue weighted by Crippen LogP contribution is 2.13. The first kappa shape index (κ1) is 30.1. The van der Waals surface area contributed by atoms with Gasteiger partial charge in [0.25, 0.3) is 0 Å². The van der Waals surface area contributed by atoms with Crippen molar-refractivity contribution in [3.63, 3.8) is 0 Å². The molecule has 182 valence electrons. The van der Waals surface area contributed by atoms with Crippen molar-refractivity contribution in [3.05, 3.63) is 0 Å². The fraction of sp³-hybridized carbons (Fsp3) is 1.00. The van der Waals surface area contributed by atoms with E-state index in [2.05, 4.69) is 13.8 Å². The molecule has 0 aliphatic rings. The molecular formula is C26H54O3S. The zero-order valence-corrected chi connectivity index (χ0v) is 21.2. The summed E-state index contributed by atoms with van der Waals surface area (Å²) in [6.07, 6.45) is 23.5. The van der Waals surface area contributed by atoms with Gasteiger partial charge in [-0.25, -0.2) is 0 Å². The molecule has 0 saturated heterocycles. The summed E-state index contributed by atoms with van der Waals surface area (Å²) >= 11 is 0. The van der Waals surface area contributed by atoms with Gasteiger partial charge < -0.3 is 10.2 Å². The Hall–Kier alpha value is 0.0700. The minimum absolute atomic E-state index is 0.325. The van der Waals surface area contributed by atoms with Crippen LogP contribution in [0.5, 0.6) is 0 Å². The van der Waals surface area contributed by atoms with Gasteiger partial charge in [-0.05, 0) is 12.8 Å². The summed E-state index contributed by atoms with van der Waals surface area (Å²) in [4.78, 5) is 0. The first-order valence-electron chi connectivity index (χ1n) is 13.3. The molecule has 0 fully saturated rings. The normalized spacial score (nSPS) is 14.7. The highest BCUT2D eigenvalue weighted by Gasteiger charge is 2.13. The monoisotopic (exact) mass is 446 g/mol. The van der Waals surface area contributed by atoms with Gasteiger partial charge in [0.15, 0.2) is 0 Å². The molecule has 0 radical (unpaired) electrons. The maximum absolute atomic E-state index is 12.2. The fourth-order valence-corrected chi connectivity index (χ4v) is 5.37. The van der Waals surface area contributed by atoms with Gasteiger partial charge in [0.2, 0.25) is 0 Å². The van der Waals surface area contributed by atoms with Gasteiger partial charge in [-0.1, -0.05) is 129 Å². The van der Waals surface area contributed by atoms with Crippen molar-refractivity contribution in [2.75, 3.05) is 11.5 Å². The van der Waals surface area contributed by atoms with Gasteiger partial charge in [0.1, 0.15) is 0 Å². The van der Waals surface area contributed by atoms with E-state index >= 15 is 0 Å². The summed E-state index contributed by atoms with van der Waals surface area (Å²) in [5.41, 5.74) is 0. The molecule has 0 heterocycles. The minimum atomic E-state index is -1.11. The number of hydrogen-bond donors (Lipinski definition) is 2. The molecule has 0 rings (SSSR count). The quantitative estimate of drug-likeness (QED) is 0.153. The third-order valence-electron chi connectivity index (χ3n) is 6.04. The third kappa shape index (κ3) is 22.7. The Bertz CT molecular complexity index is 330. The molecule has 2 unspecified atom stereocenters. The number of unbranched alkanes of at least 4 members (excludes halogenated alkanes) is 16. The second-order valence-corrected chi connectivity index (χ2v) is 10.9. The fourth-order valence-electron chi connectivity index (χ4n) is 4.05. The van der Waals surface area contributed by atoms with E-state index in [4.69, 9.17) is 0 Å². The van der Waals surface area contributed by atoms with E-state index in [0.717, 1.165) is 25.7 Å². The van der Waals surface area contributed by atoms with Crippen LogP contribution in [-0.2, 0) is 10.8 Å². The molecule has 2 N–H and O–H groups in total. The SMILES string of the molecule is CCCCCCCCCCCC(O)CS(=O)CC(O)CCCCCCCCCCC. The Kier molecular flexibility index (Phi) is 23.8. The molecule has 0 saturated carbocycles. The van der Waals surface area contributed by atoms with Crippen LogP contribution >= 0.6 is 0 Å². The summed E-state index contributed by atoms with van der Waals surface area (Å²) < 4.78 is 12.2. The Labute approximate surface area is 191 Å². The summed E-state index contributed by atoms with van der Waals surface area (Å²) in [5.74, 6) is 0.650. The topological polar surface area (TPSA) is 57.5 Å². The lowest BCUT2D eigenvalue weighted by molar-refractivity contribution is 0.177. The molecule has 0 bridgehead atoms. The van der Waals surface area contributed by atoms with Gasteiger partial charge >= 0.3 is 0 Å². The molecule has 0 aliphatic heterocycles. The van der Waals surface area contributed by atoms with Crippen LogP contribution < -0.4 is 0 Å². The van der Waals surface area contributed by atoms with Crippen LogP contribution in [0.25, 0.3) is 0 Å². The summed E-state index contributed by atoms with van der Waals surface area (Å²) in [5, 5.41) is 20.2. The Balaban J connectivity index is 3.47. The van der Waals surface area contributed by atoms with E-state index in [1.807, 2.05) is 0 Å². The van der Waals surface area contributed by atoms with Crippen molar-refractivity contribution in [3.8, 4) is 0 Å². The van der Waals surface area contributed by atoms with Crippen LogP contribution in [-0.4, -0.2) is 38.1 Å². The number of rotatable bonds is 24. The zero-order valence-electron chi connectivity index (χ0n) is 20.4. The van der Waals surface area contributed by atoms with Crippen molar-refractivity contribution < 1.29 is 14.4 Å². The van der Waals surface area contributed by atoms with E-state index in [1.165, 1.54) is 103 Å². The van der Waals surface area contributed by atoms with Gasteiger partial charge in [-0.3, -0.25) is 4.21 Å². The molecule has 0 aromatic carbocycles. The highest BCUT2D eigenvalue weighted by atomic mass is 32.2. The number of aliphatic hydroxyl groups is 2. The zero-order chi connectivity index (χ0) is 22.3. The first-order chi connectivity index (χ1) is 14.6. The summed E-state index contributed by atoms with van der Waals surface area (Å²) in [7, 11) is -1.11. The molecular weight excluding hydrogens is 392 g/mol. The molecule has 2 atom stereocenters. The molecule has 0 aliphatic carbocycles. The van der Waals surface area contributed by atoms with Crippen LogP contribution in [0.3, 0.4) is 0 Å². The molecule has 30 heavy (non-hydrogen) atoms. The van der Waals surface area contributed by atoms with E-state index in [-0.39, 0.29) is 0 Å². The van der Waals surface area contributed by atoms with Gasteiger partial charge in [-0.2, -0.15) is 0 Å². The van der Waals surface area contributed by atoms with E-state index < -0.39 is 23.0 Å². The lowest BCUT2D eigenvalue weighted by Crippen LogP contribution is -2.24. The molecule has 4 heteroatoms. The largest absolute Gasteiger partial charge is 0.392 e. The second-order valence-electron chi connectivity index (χ2n) is 9.32. The highest BCUT2D eigenvalue weighted by molar-refractivity contribution is 7.85. The minimum Gasteiger partial charge on any atom is -0.392 e. The maximum atomic E-state index is 12.2. The third-order valence-corrected chi connectivity index (χ3v) is 7.55. The predicted octanol–water partition coefficient (Wildman–Crippen LogP) is 7.30. The molecule has 3 nitrogen and oxygen atoms in total. The van der Waals surface area contributed by atoms with Crippen molar-refractivity contribution in [1.29, 1.82) is 0 Å². The van der Waals surface area contributed by atoms with E-state index in [1.54, 1.807) is 0 Å². The Morgan fingerprint density at radius 2 is 0.767 bits per heavy atom. The van der Waals surface area contributed by atoms with Crippen molar-refractivity contribution in [2.45, 2.75) is 154 Å². The van der Waals surface area contributed by atoms with E-state index in [0.29, 0.717) is 11.5 Å². The van der Waals surface area contributed by atoms with Crippen LogP contribution in [0.2, 0.25) is 0 Å². The molecule has 0 spiro atoms. The average Bonchev–Trinajstić information content (AvgIpc) is 2.71. The Morgan fingerprint density at radius 3 is 1.07 bits per heavy atom. The van der Waals surface area contributed by atoms with Gasteiger partial charge in [-0.15, -0.1) is 0 Å². The van der Waals surface area contributed by atoms with Crippen molar-refractivity contribution in [2.24, 2.45) is 0 Å². The molecule has 0 aromatic heterocycles. The molecule has 0 amide bonds. The van der Waals surface area contributed by atoms with Crippen molar-refractivity contribution >= 4 is 10.8 Å². The van der Waals surface area contributed by atoms with Crippen LogP contribution in [0.1, 0.15) is 142 Å². The lowest BCUT2D eigenvalue weighted by Gasteiger charge is -2.13. The lowest BCUT2D eigenvalue weighted by atomic mass is 10.1. The summed E-state index contributed by atoms with van der Waals surface area (Å²) in [6, 6.07) is 0. The Morgan fingerprint density at radius 1 is 0.500 bits per heavy atom. The number of aliphatic hydroxyl groups excluding tert-OH is 2. The predicted molar refractivity (Wildman–Crippen MR) is 134 cm³/mol. The smallest absolute Gasteiger partial charge is 0.0655 e. The van der Waals surface area contributed by atoms with Gasteiger partial charge in [0, 0.05) is 22.3 Å². The average molecular weight is 447 g/mol. The van der Waals surface area contributed by atoms with Crippen molar-refractivity contribution in [1.82, 2.24) is 0 Å². The standard InChI is InChI=1S/C26H54O3S/c1-3-5-7-9-11-13-15-17-19-21-25(27)23-30(29)24-26(28)22-20-18-16-14-12-10-8-6-4-2/h25-28H,3-24H2,1-2H3. The number of hydrogen-bond acceptors (Lipinski definition) is 3. The maximum Gasteiger partial charge on any atom is 0.0655 e. The van der Waals surface area contributed by atoms with Crippen LogP contribution in [0.4, 0.5) is 0 Å². The van der Waals surface area contributed by atoms with Crippen LogP contribution in [0.15, 0.2) is 0 Å². The van der Waals surface area contributed by atoms with Gasteiger partial charge in [0.05, 0.1) is 12.2 Å². The first-order valence-corrected chi connectivity index (χ1v) is 14.8. The summed E-state index contributed by atoms with van der Waals surface area (Å²) in [6.45, 7) is 4.49.